The number of carbonyl (C=O) groups is 2. The van der Waals surface area contributed by atoms with Crippen LogP contribution in [0.2, 0.25) is 0 Å². The molecule has 0 saturated carbocycles. The van der Waals surface area contributed by atoms with Crippen molar-refractivity contribution in [3.63, 3.8) is 0 Å². The number of nitrogens with one attached hydrogen (secondary N) is 1. The van der Waals surface area contributed by atoms with Gasteiger partial charge in [-0.2, -0.15) is 0 Å². The summed E-state index contributed by atoms with van der Waals surface area (Å²) in [6.07, 6.45) is 1.43. The van der Waals surface area contributed by atoms with Crippen molar-refractivity contribution >= 4 is 23.2 Å². The second-order valence-corrected chi connectivity index (χ2v) is 7.38. The zero-order valence-corrected chi connectivity index (χ0v) is 17.0. The molecule has 3 rings (SSSR count). The normalized spacial score (nSPS) is 14.5. The predicted octanol–water partition coefficient (Wildman–Crippen LogP) is 2.81. The van der Waals surface area contributed by atoms with Gasteiger partial charge < -0.3 is 24.4 Å². The van der Waals surface area contributed by atoms with Crippen molar-refractivity contribution in [2.75, 3.05) is 34.4 Å². The summed E-state index contributed by atoms with van der Waals surface area (Å²) in [6, 6.07) is 7.06. The molecule has 1 aromatic carbocycles. The lowest BCUT2D eigenvalue weighted by molar-refractivity contribution is 0.0697. The molecule has 150 valence electrons. The summed E-state index contributed by atoms with van der Waals surface area (Å²) in [6.45, 7) is 1.15. The third kappa shape index (κ3) is 4.22. The number of methoxy groups -OCH3 is 3. The van der Waals surface area contributed by atoms with E-state index in [-0.39, 0.29) is 17.9 Å². The first-order chi connectivity index (χ1) is 13.6. The van der Waals surface area contributed by atoms with Gasteiger partial charge in [0.15, 0.2) is 11.5 Å². The molecule has 2 heterocycles. The summed E-state index contributed by atoms with van der Waals surface area (Å²) in [4.78, 5) is 27.6. The number of carbonyl (C=O) groups excluding carboxylic acids is 2. The van der Waals surface area contributed by atoms with Gasteiger partial charge in [-0.25, -0.2) is 0 Å². The molecule has 0 atom stereocenters. The highest BCUT2D eigenvalue weighted by Gasteiger charge is 2.26. The largest absolute Gasteiger partial charge is 0.493 e. The zero-order valence-electron chi connectivity index (χ0n) is 16.2. The minimum atomic E-state index is -0.0951. The van der Waals surface area contributed by atoms with Gasteiger partial charge in [-0.3, -0.25) is 9.59 Å². The van der Waals surface area contributed by atoms with Gasteiger partial charge in [-0.1, -0.05) is 6.07 Å². The molecule has 1 aliphatic rings. The van der Waals surface area contributed by atoms with E-state index in [0.717, 1.165) is 0 Å². The Bertz CT molecular complexity index is 804. The van der Waals surface area contributed by atoms with Crippen molar-refractivity contribution in [2.24, 2.45) is 0 Å². The highest BCUT2D eigenvalue weighted by Crippen LogP contribution is 2.38. The van der Waals surface area contributed by atoms with Crippen molar-refractivity contribution in [3.05, 3.63) is 40.1 Å². The highest BCUT2D eigenvalue weighted by molar-refractivity contribution is 7.12. The van der Waals surface area contributed by atoms with E-state index in [1.165, 1.54) is 32.7 Å². The van der Waals surface area contributed by atoms with E-state index in [2.05, 4.69) is 5.32 Å². The maximum absolute atomic E-state index is 12.9. The zero-order chi connectivity index (χ0) is 20.1. The average Bonchev–Trinajstić information content (AvgIpc) is 3.27. The lowest BCUT2D eigenvalue weighted by Gasteiger charge is -2.32. The van der Waals surface area contributed by atoms with Crippen LogP contribution in [0.1, 0.15) is 32.9 Å². The van der Waals surface area contributed by atoms with Crippen LogP contribution in [0.25, 0.3) is 0 Å². The van der Waals surface area contributed by atoms with Crippen LogP contribution in [0.15, 0.2) is 29.6 Å². The first-order valence-corrected chi connectivity index (χ1v) is 9.89. The molecule has 2 aromatic rings. The second-order valence-electron chi connectivity index (χ2n) is 6.43. The summed E-state index contributed by atoms with van der Waals surface area (Å²) in [7, 11) is 4.57. The second kappa shape index (κ2) is 8.97. The molecule has 8 heteroatoms. The Morgan fingerprint density at radius 2 is 1.71 bits per heavy atom. The summed E-state index contributed by atoms with van der Waals surface area (Å²) >= 11 is 1.42. The van der Waals surface area contributed by atoms with Crippen LogP contribution in [-0.2, 0) is 0 Å². The Morgan fingerprint density at radius 3 is 2.21 bits per heavy atom. The van der Waals surface area contributed by atoms with E-state index < -0.39 is 0 Å². The van der Waals surface area contributed by atoms with E-state index in [9.17, 15) is 9.59 Å². The van der Waals surface area contributed by atoms with E-state index >= 15 is 0 Å². The lowest BCUT2D eigenvalue weighted by atomic mass is 10.0. The van der Waals surface area contributed by atoms with Crippen molar-refractivity contribution in [1.29, 1.82) is 0 Å². The summed E-state index contributed by atoms with van der Waals surface area (Å²) in [5, 5.41) is 4.93. The molecule has 0 bridgehead atoms. The Kier molecular flexibility index (Phi) is 6.41. The minimum Gasteiger partial charge on any atom is -0.493 e. The molecule has 1 saturated heterocycles. The monoisotopic (exact) mass is 404 g/mol. The van der Waals surface area contributed by atoms with E-state index in [4.69, 9.17) is 14.2 Å². The van der Waals surface area contributed by atoms with Gasteiger partial charge in [0.25, 0.3) is 11.8 Å². The molecule has 7 nitrogen and oxygen atoms in total. The number of ether oxygens (including phenoxy) is 3. The molecule has 1 fully saturated rings. The molecule has 0 radical (unpaired) electrons. The molecule has 1 aromatic heterocycles. The summed E-state index contributed by atoms with van der Waals surface area (Å²) in [5.41, 5.74) is 0.482. The molecular weight excluding hydrogens is 380 g/mol. The summed E-state index contributed by atoms with van der Waals surface area (Å²) in [5.74, 6) is 1.20. The van der Waals surface area contributed by atoms with Gasteiger partial charge in [-0.05, 0) is 36.4 Å². The minimum absolute atomic E-state index is 0.0515. The van der Waals surface area contributed by atoms with Gasteiger partial charge in [0.05, 0.1) is 26.2 Å². The van der Waals surface area contributed by atoms with E-state index in [1.807, 2.05) is 17.5 Å². The Morgan fingerprint density at radius 1 is 1.07 bits per heavy atom. The smallest absolute Gasteiger partial charge is 0.261 e. The maximum atomic E-state index is 12.9. The van der Waals surface area contributed by atoms with Gasteiger partial charge in [0, 0.05) is 24.7 Å². The van der Waals surface area contributed by atoms with Crippen molar-refractivity contribution in [3.8, 4) is 17.2 Å². The van der Waals surface area contributed by atoms with Gasteiger partial charge in [-0.15, -0.1) is 11.3 Å². The van der Waals surface area contributed by atoms with Crippen molar-refractivity contribution < 1.29 is 23.8 Å². The SMILES string of the molecule is COc1cc(C(=O)N2CCC(NC(=O)c3cccs3)CC2)cc(OC)c1OC. The number of nitrogens with zero attached hydrogens (tertiary/aromatic N) is 1. The number of benzene rings is 1. The number of amides is 2. The maximum Gasteiger partial charge on any atom is 0.261 e. The number of thiophene rings is 1. The van der Waals surface area contributed by atoms with Crippen LogP contribution in [0.5, 0.6) is 17.2 Å². The fraction of sp³-hybridized carbons (Fsp3) is 0.400. The number of likely N-dealkylation sites (tertiary alicyclic amines) is 1. The predicted molar refractivity (Wildman–Crippen MR) is 107 cm³/mol. The van der Waals surface area contributed by atoms with Crippen LogP contribution in [0.3, 0.4) is 0 Å². The number of piperidine rings is 1. The number of hydrogen-bond acceptors (Lipinski definition) is 6. The molecule has 0 aliphatic carbocycles. The standard InChI is InChI=1S/C20H24N2O5S/c1-25-15-11-13(12-16(26-2)18(15)27-3)20(24)22-8-6-14(7-9-22)21-19(23)17-5-4-10-28-17/h4-5,10-12,14H,6-9H2,1-3H3,(H,21,23). The average molecular weight is 404 g/mol. The molecule has 2 amide bonds. The van der Waals surface area contributed by atoms with Crippen LogP contribution >= 0.6 is 11.3 Å². The Labute approximate surface area is 168 Å². The third-order valence-corrected chi connectivity index (χ3v) is 5.64. The van der Waals surface area contributed by atoms with Gasteiger partial charge in [0.1, 0.15) is 0 Å². The van der Waals surface area contributed by atoms with Crippen LogP contribution in [0.4, 0.5) is 0 Å². The van der Waals surface area contributed by atoms with Crippen molar-refractivity contribution in [2.45, 2.75) is 18.9 Å². The van der Waals surface area contributed by atoms with Crippen LogP contribution < -0.4 is 19.5 Å². The Balaban J connectivity index is 1.64. The number of rotatable bonds is 6. The van der Waals surface area contributed by atoms with Crippen LogP contribution in [-0.4, -0.2) is 57.2 Å². The molecule has 0 spiro atoms. The highest BCUT2D eigenvalue weighted by atomic mass is 32.1. The van der Waals surface area contributed by atoms with Gasteiger partial charge in [0.2, 0.25) is 5.75 Å². The van der Waals surface area contributed by atoms with Crippen molar-refractivity contribution in [1.82, 2.24) is 10.2 Å². The molecule has 0 unspecified atom stereocenters. The Hall–Kier alpha value is -2.74. The summed E-state index contributed by atoms with van der Waals surface area (Å²) < 4.78 is 16.0. The third-order valence-electron chi connectivity index (χ3n) is 4.77. The van der Waals surface area contributed by atoms with E-state index in [0.29, 0.717) is 53.6 Å². The van der Waals surface area contributed by atoms with Crippen LogP contribution in [0, 0.1) is 0 Å². The molecule has 28 heavy (non-hydrogen) atoms. The fourth-order valence-corrected chi connectivity index (χ4v) is 3.91. The molecule has 1 N–H and O–H groups in total. The van der Waals surface area contributed by atoms with E-state index in [1.54, 1.807) is 17.0 Å². The molecular formula is C20H24N2O5S. The fourth-order valence-electron chi connectivity index (χ4n) is 3.28. The topological polar surface area (TPSA) is 77.1 Å². The molecule has 1 aliphatic heterocycles. The number of hydrogen-bond donors (Lipinski definition) is 1. The first-order valence-electron chi connectivity index (χ1n) is 9.01. The lowest BCUT2D eigenvalue weighted by Crippen LogP contribution is -2.46. The first kappa shape index (κ1) is 20.0. The van der Waals surface area contributed by atoms with Gasteiger partial charge >= 0.3 is 0 Å². The quantitative estimate of drug-likeness (QED) is 0.801.